The van der Waals surface area contributed by atoms with Crippen molar-refractivity contribution in [2.75, 3.05) is 32.7 Å². The molecule has 16 heavy (non-hydrogen) atoms. The predicted octanol–water partition coefficient (Wildman–Crippen LogP) is 1.67. The summed E-state index contributed by atoms with van der Waals surface area (Å²) in [6.45, 7) is 5.22. The molecule has 0 fully saturated rings. The molecule has 0 bridgehead atoms. The van der Waals surface area contributed by atoms with E-state index < -0.39 is 0 Å². The molecule has 90 valence electrons. The summed E-state index contributed by atoms with van der Waals surface area (Å²) in [6.07, 6.45) is 1.50. The number of ether oxygens (including phenoxy) is 2. The van der Waals surface area contributed by atoms with Gasteiger partial charge in [-0.15, -0.1) is 0 Å². The lowest BCUT2D eigenvalue weighted by Gasteiger charge is -2.15. The summed E-state index contributed by atoms with van der Waals surface area (Å²) in [5.41, 5.74) is 1.00. The van der Waals surface area contributed by atoms with Gasteiger partial charge in [0.05, 0.1) is 12.2 Å². The van der Waals surface area contributed by atoms with Gasteiger partial charge < -0.3 is 14.8 Å². The van der Waals surface area contributed by atoms with Crippen molar-refractivity contribution in [2.24, 2.45) is 0 Å². The van der Waals surface area contributed by atoms with E-state index in [9.17, 15) is 0 Å². The van der Waals surface area contributed by atoms with Crippen LogP contribution in [-0.2, 0) is 4.74 Å². The highest BCUT2D eigenvalue weighted by Crippen LogP contribution is 2.29. The van der Waals surface area contributed by atoms with Crippen LogP contribution < -0.4 is 10.1 Å². The number of hydrogen-bond donors (Lipinski definition) is 1. The molecule has 0 saturated heterocycles. The molecular weight excluding hydrogens is 206 g/mol. The SMILES string of the molecule is CNc1ncnc(OCCOC)c1C(C)C. The molecule has 0 aliphatic rings. The molecule has 1 N–H and O–H groups in total. The Bertz CT molecular complexity index is 329. The van der Waals surface area contributed by atoms with Gasteiger partial charge in [0.15, 0.2) is 0 Å². The number of nitrogens with zero attached hydrogens (tertiary/aromatic N) is 2. The van der Waals surface area contributed by atoms with Crippen molar-refractivity contribution in [1.82, 2.24) is 9.97 Å². The summed E-state index contributed by atoms with van der Waals surface area (Å²) in [7, 11) is 3.48. The molecule has 5 nitrogen and oxygen atoms in total. The summed E-state index contributed by atoms with van der Waals surface area (Å²) in [4.78, 5) is 8.33. The Morgan fingerprint density at radius 1 is 1.31 bits per heavy atom. The molecule has 1 heterocycles. The van der Waals surface area contributed by atoms with E-state index in [1.807, 2.05) is 7.05 Å². The minimum atomic E-state index is 0.307. The zero-order valence-corrected chi connectivity index (χ0v) is 10.3. The van der Waals surface area contributed by atoms with E-state index in [1.54, 1.807) is 7.11 Å². The second kappa shape index (κ2) is 6.27. The third-order valence-electron chi connectivity index (χ3n) is 2.19. The highest BCUT2D eigenvalue weighted by molar-refractivity contribution is 5.50. The quantitative estimate of drug-likeness (QED) is 0.746. The summed E-state index contributed by atoms with van der Waals surface area (Å²) in [6, 6.07) is 0. The molecule has 0 aliphatic carbocycles. The van der Waals surface area contributed by atoms with Crippen molar-refractivity contribution in [2.45, 2.75) is 19.8 Å². The Kier molecular flexibility index (Phi) is 4.98. The van der Waals surface area contributed by atoms with Gasteiger partial charge in [-0.2, -0.15) is 0 Å². The standard InChI is InChI=1S/C11H19N3O2/c1-8(2)9-10(12-3)13-7-14-11(9)16-6-5-15-4/h7-8H,5-6H2,1-4H3,(H,12,13,14). The van der Waals surface area contributed by atoms with Crippen LogP contribution in [0.5, 0.6) is 5.88 Å². The lowest BCUT2D eigenvalue weighted by molar-refractivity contribution is 0.143. The van der Waals surface area contributed by atoms with Crippen LogP contribution in [0.2, 0.25) is 0 Å². The van der Waals surface area contributed by atoms with Gasteiger partial charge in [-0.25, -0.2) is 9.97 Å². The van der Waals surface area contributed by atoms with Gasteiger partial charge in [-0.05, 0) is 5.92 Å². The van der Waals surface area contributed by atoms with Gasteiger partial charge in [0, 0.05) is 14.2 Å². The number of nitrogens with one attached hydrogen (secondary N) is 1. The van der Waals surface area contributed by atoms with Crippen molar-refractivity contribution < 1.29 is 9.47 Å². The van der Waals surface area contributed by atoms with Crippen molar-refractivity contribution in [3.05, 3.63) is 11.9 Å². The van der Waals surface area contributed by atoms with Crippen molar-refractivity contribution in [1.29, 1.82) is 0 Å². The van der Waals surface area contributed by atoms with Gasteiger partial charge in [0.2, 0.25) is 5.88 Å². The first kappa shape index (κ1) is 12.7. The monoisotopic (exact) mass is 225 g/mol. The van der Waals surface area contributed by atoms with Crippen LogP contribution in [0.3, 0.4) is 0 Å². The van der Waals surface area contributed by atoms with Crippen LogP contribution in [0.4, 0.5) is 5.82 Å². The average Bonchev–Trinajstić information content (AvgIpc) is 2.28. The number of anilines is 1. The molecule has 1 aromatic heterocycles. The maximum atomic E-state index is 5.57. The lowest BCUT2D eigenvalue weighted by atomic mass is 10.1. The van der Waals surface area contributed by atoms with E-state index in [0.717, 1.165) is 11.4 Å². The maximum absolute atomic E-state index is 5.57. The first-order valence-electron chi connectivity index (χ1n) is 5.35. The zero-order chi connectivity index (χ0) is 12.0. The molecule has 0 amide bonds. The Labute approximate surface area is 96.2 Å². The van der Waals surface area contributed by atoms with Gasteiger partial charge in [0.1, 0.15) is 18.8 Å². The van der Waals surface area contributed by atoms with Crippen LogP contribution in [-0.4, -0.2) is 37.3 Å². The second-order valence-corrected chi connectivity index (χ2v) is 3.69. The number of methoxy groups -OCH3 is 1. The predicted molar refractivity (Wildman–Crippen MR) is 63.0 cm³/mol. The highest BCUT2D eigenvalue weighted by Gasteiger charge is 2.15. The molecule has 0 radical (unpaired) electrons. The molecule has 0 saturated carbocycles. The largest absolute Gasteiger partial charge is 0.475 e. The average molecular weight is 225 g/mol. The molecule has 0 aromatic carbocycles. The van der Waals surface area contributed by atoms with E-state index in [4.69, 9.17) is 9.47 Å². The van der Waals surface area contributed by atoms with Gasteiger partial charge in [-0.3, -0.25) is 0 Å². The summed E-state index contributed by atoms with van der Waals surface area (Å²) < 4.78 is 10.5. The van der Waals surface area contributed by atoms with Crippen LogP contribution in [0.15, 0.2) is 6.33 Å². The summed E-state index contributed by atoms with van der Waals surface area (Å²) in [5, 5.41) is 3.05. The fourth-order valence-corrected chi connectivity index (χ4v) is 1.44. The lowest BCUT2D eigenvalue weighted by Crippen LogP contribution is -2.10. The number of aromatic nitrogens is 2. The molecule has 1 aromatic rings. The minimum absolute atomic E-state index is 0.307. The molecule has 0 unspecified atom stereocenters. The Morgan fingerprint density at radius 2 is 2.06 bits per heavy atom. The first-order chi connectivity index (χ1) is 7.70. The summed E-state index contributed by atoms with van der Waals surface area (Å²) in [5.74, 6) is 1.75. The van der Waals surface area contributed by atoms with Gasteiger partial charge in [-0.1, -0.05) is 13.8 Å². The van der Waals surface area contributed by atoms with Gasteiger partial charge in [0.25, 0.3) is 0 Å². The summed E-state index contributed by atoms with van der Waals surface area (Å²) >= 11 is 0. The Hall–Kier alpha value is -1.36. The van der Waals surface area contributed by atoms with Crippen molar-refractivity contribution in [3.63, 3.8) is 0 Å². The third-order valence-corrected chi connectivity index (χ3v) is 2.19. The normalized spacial score (nSPS) is 10.6. The molecule has 0 atom stereocenters. The highest BCUT2D eigenvalue weighted by atomic mass is 16.5. The van der Waals surface area contributed by atoms with Crippen molar-refractivity contribution in [3.8, 4) is 5.88 Å². The number of rotatable bonds is 6. The van der Waals surface area contributed by atoms with Crippen LogP contribution in [0.25, 0.3) is 0 Å². The molecule has 5 heteroatoms. The Morgan fingerprint density at radius 3 is 2.62 bits per heavy atom. The second-order valence-electron chi connectivity index (χ2n) is 3.69. The molecule has 0 spiro atoms. The topological polar surface area (TPSA) is 56.3 Å². The fourth-order valence-electron chi connectivity index (χ4n) is 1.44. The van der Waals surface area contributed by atoms with E-state index in [0.29, 0.717) is 25.0 Å². The first-order valence-corrected chi connectivity index (χ1v) is 5.35. The Balaban J connectivity index is 2.89. The minimum Gasteiger partial charge on any atom is -0.475 e. The smallest absolute Gasteiger partial charge is 0.222 e. The van der Waals surface area contributed by atoms with E-state index in [2.05, 4.69) is 29.1 Å². The van der Waals surface area contributed by atoms with Crippen LogP contribution in [0.1, 0.15) is 25.3 Å². The van der Waals surface area contributed by atoms with Crippen LogP contribution in [0, 0.1) is 0 Å². The molecule has 0 aliphatic heterocycles. The number of hydrogen-bond acceptors (Lipinski definition) is 5. The van der Waals surface area contributed by atoms with Crippen molar-refractivity contribution >= 4 is 5.82 Å². The van der Waals surface area contributed by atoms with E-state index >= 15 is 0 Å². The molecular formula is C11H19N3O2. The zero-order valence-electron chi connectivity index (χ0n) is 10.3. The van der Waals surface area contributed by atoms with Gasteiger partial charge >= 0.3 is 0 Å². The van der Waals surface area contributed by atoms with Crippen LogP contribution >= 0.6 is 0 Å². The maximum Gasteiger partial charge on any atom is 0.222 e. The fraction of sp³-hybridized carbons (Fsp3) is 0.636. The van der Waals surface area contributed by atoms with E-state index in [1.165, 1.54) is 6.33 Å². The van der Waals surface area contributed by atoms with E-state index in [-0.39, 0.29) is 0 Å². The third kappa shape index (κ3) is 3.06. The molecule has 1 rings (SSSR count).